The maximum Gasteiger partial charge on any atom is 0.338 e. The average molecular weight is 445 g/mol. The number of fused-ring (bicyclic) bond motifs is 1. The normalized spacial score (nSPS) is 26.3. The van der Waals surface area contributed by atoms with Crippen molar-refractivity contribution in [2.24, 2.45) is 5.92 Å². The molecule has 0 amide bonds. The van der Waals surface area contributed by atoms with Gasteiger partial charge in [0.15, 0.2) is 0 Å². The first-order chi connectivity index (χ1) is 14.9. The molecular formula is C29H36O2Si. The third kappa shape index (κ3) is 5.58. The summed E-state index contributed by atoms with van der Waals surface area (Å²) in [6, 6.07) is 5.90. The molecule has 1 unspecified atom stereocenters. The van der Waals surface area contributed by atoms with E-state index in [1.54, 1.807) is 0 Å². The number of carbonyl (C=O) groups excluding carboxylic acids is 1. The van der Waals surface area contributed by atoms with Gasteiger partial charge in [-0.2, -0.15) is 0 Å². The highest BCUT2D eigenvalue weighted by atomic mass is 28.3. The fraction of sp³-hybridized carbons (Fsp3) is 0.345. The van der Waals surface area contributed by atoms with Gasteiger partial charge in [0, 0.05) is 0 Å². The first-order valence-corrected chi connectivity index (χ1v) is 14.5. The summed E-state index contributed by atoms with van der Waals surface area (Å²) in [5.74, 6) is 0.143. The minimum absolute atomic E-state index is 0.282. The van der Waals surface area contributed by atoms with E-state index in [-0.39, 0.29) is 5.97 Å². The Balaban J connectivity index is 2.17. The van der Waals surface area contributed by atoms with E-state index in [4.69, 9.17) is 4.74 Å². The lowest BCUT2D eigenvalue weighted by molar-refractivity contribution is 0.00694. The van der Waals surface area contributed by atoms with E-state index < -0.39 is 13.7 Å². The Morgan fingerprint density at radius 3 is 2.41 bits per heavy atom. The SMILES string of the molecule is CC1=C/C=C/C(c2ccc(C(=O)OC(C)(C)C)cc2C)=C2/C=CC(C)C=C2[Si](C)(C)\C=C\1. The van der Waals surface area contributed by atoms with Gasteiger partial charge in [0.1, 0.15) is 13.7 Å². The zero-order valence-corrected chi connectivity index (χ0v) is 21.7. The van der Waals surface area contributed by atoms with Gasteiger partial charge in [-0.3, -0.25) is 0 Å². The van der Waals surface area contributed by atoms with E-state index in [2.05, 4.69) is 88.2 Å². The number of aryl methyl sites for hydroxylation is 1. The summed E-state index contributed by atoms with van der Waals surface area (Å²) in [6.07, 6.45) is 15.8. The van der Waals surface area contributed by atoms with Gasteiger partial charge in [-0.25, -0.2) is 4.79 Å². The third-order valence-corrected chi connectivity index (χ3v) is 8.63. The molecule has 1 aromatic carbocycles. The number of hydrogen-bond acceptors (Lipinski definition) is 2. The Kier molecular flexibility index (Phi) is 6.80. The summed E-state index contributed by atoms with van der Waals surface area (Å²) >= 11 is 0. The smallest absolute Gasteiger partial charge is 0.338 e. The highest BCUT2D eigenvalue weighted by molar-refractivity contribution is 6.89. The minimum atomic E-state index is -1.80. The molecule has 0 saturated heterocycles. The highest BCUT2D eigenvalue weighted by Crippen LogP contribution is 2.37. The van der Waals surface area contributed by atoms with Crippen LogP contribution < -0.4 is 0 Å². The maximum absolute atomic E-state index is 12.6. The molecule has 0 spiro atoms. The molecule has 3 rings (SSSR count). The molecule has 0 aromatic heterocycles. The van der Waals surface area contributed by atoms with Crippen molar-refractivity contribution in [3.05, 3.63) is 99.5 Å². The van der Waals surface area contributed by atoms with Crippen LogP contribution >= 0.6 is 0 Å². The molecule has 0 bridgehead atoms. The van der Waals surface area contributed by atoms with Gasteiger partial charge in [0.25, 0.3) is 0 Å². The summed E-state index contributed by atoms with van der Waals surface area (Å²) < 4.78 is 5.57. The molecule has 1 atom stereocenters. The largest absolute Gasteiger partial charge is 0.456 e. The molecule has 1 aliphatic heterocycles. The van der Waals surface area contributed by atoms with Crippen molar-refractivity contribution in [1.29, 1.82) is 0 Å². The molecule has 1 heterocycles. The van der Waals surface area contributed by atoms with Crippen LogP contribution in [-0.4, -0.2) is 19.6 Å². The van der Waals surface area contributed by atoms with Gasteiger partial charge >= 0.3 is 5.97 Å². The Hall–Kier alpha value is -2.65. The van der Waals surface area contributed by atoms with Gasteiger partial charge in [-0.1, -0.05) is 85.1 Å². The second-order valence-corrected chi connectivity index (χ2v) is 14.8. The van der Waals surface area contributed by atoms with Crippen LogP contribution in [0.3, 0.4) is 0 Å². The minimum Gasteiger partial charge on any atom is -0.456 e. The summed E-state index contributed by atoms with van der Waals surface area (Å²) in [4.78, 5) is 12.6. The van der Waals surface area contributed by atoms with E-state index in [1.807, 2.05) is 32.9 Å². The lowest BCUT2D eigenvalue weighted by Gasteiger charge is -2.30. The van der Waals surface area contributed by atoms with Crippen LogP contribution in [-0.2, 0) is 4.74 Å². The zero-order valence-electron chi connectivity index (χ0n) is 20.7. The van der Waals surface area contributed by atoms with Crippen molar-refractivity contribution < 1.29 is 9.53 Å². The van der Waals surface area contributed by atoms with Gasteiger partial charge in [0.05, 0.1) is 5.56 Å². The van der Waals surface area contributed by atoms with Crippen LogP contribution in [0, 0.1) is 12.8 Å². The second kappa shape index (κ2) is 9.07. The summed E-state index contributed by atoms with van der Waals surface area (Å²) in [6.45, 7) is 17.0. The molecule has 2 nitrogen and oxygen atoms in total. The van der Waals surface area contributed by atoms with Crippen LogP contribution in [0.25, 0.3) is 5.57 Å². The van der Waals surface area contributed by atoms with Crippen molar-refractivity contribution >= 4 is 19.6 Å². The number of carbonyl (C=O) groups is 1. The average Bonchev–Trinajstić information content (AvgIpc) is 2.69. The van der Waals surface area contributed by atoms with Crippen LogP contribution in [0.1, 0.15) is 56.1 Å². The first-order valence-electron chi connectivity index (χ1n) is 11.4. The van der Waals surface area contributed by atoms with Crippen molar-refractivity contribution in [3.8, 4) is 0 Å². The topological polar surface area (TPSA) is 26.3 Å². The molecule has 1 aromatic rings. The molecule has 0 radical (unpaired) electrons. The van der Waals surface area contributed by atoms with Gasteiger partial charge in [-0.15, -0.1) is 0 Å². The summed E-state index contributed by atoms with van der Waals surface area (Å²) in [7, 11) is -1.80. The number of rotatable bonds is 2. The van der Waals surface area contributed by atoms with E-state index in [0.717, 1.165) is 11.1 Å². The molecule has 32 heavy (non-hydrogen) atoms. The third-order valence-electron chi connectivity index (χ3n) is 5.81. The molecule has 3 heteroatoms. The fourth-order valence-corrected chi connectivity index (χ4v) is 6.54. The molecular weight excluding hydrogens is 408 g/mol. The molecule has 1 aliphatic carbocycles. The Morgan fingerprint density at radius 2 is 1.75 bits per heavy atom. The maximum atomic E-state index is 12.6. The fourth-order valence-electron chi connectivity index (χ4n) is 4.08. The van der Waals surface area contributed by atoms with Crippen LogP contribution in [0.15, 0.2) is 82.8 Å². The molecule has 2 aliphatic rings. The van der Waals surface area contributed by atoms with Crippen LogP contribution in [0.2, 0.25) is 13.1 Å². The van der Waals surface area contributed by atoms with Crippen LogP contribution in [0.5, 0.6) is 0 Å². The number of esters is 1. The predicted molar refractivity (Wildman–Crippen MR) is 139 cm³/mol. The van der Waals surface area contributed by atoms with Crippen molar-refractivity contribution in [3.63, 3.8) is 0 Å². The molecule has 0 N–H and O–H groups in total. The number of ether oxygens (including phenoxy) is 1. The Labute approximate surface area is 194 Å². The molecule has 0 fully saturated rings. The Morgan fingerprint density at radius 1 is 1.03 bits per heavy atom. The predicted octanol–water partition coefficient (Wildman–Crippen LogP) is 7.70. The van der Waals surface area contributed by atoms with Crippen molar-refractivity contribution in [1.82, 2.24) is 0 Å². The lowest BCUT2D eigenvalue weighted by Crippen LogP contribution is -2.29. The van der Waals surface area contributed by atoms with Gasteiger partial charge in [0.2, 0.25) is 0 Å². The standard InChI is InChI=1S/C29H36O2Si/c1-20-10-9-11-25(26-14-12-21(2)18-27(26)32(7,8)17-16-20)24-15-13-23(19-22(24)3)28(30)31-29(4,5)6/h9-19,21H,1-8H3/b11-9+,17-16+,20-10-,26-25+. The zero-order chi connectivity index (χ0) is 23.7. The summed E-state index contributed by atoms with van der Waals surface area (Å²) in [5.41, 5.74) is 8.48. The van der Waals surface area contributed by atoms with E-state index in [1.165, 1.54) is 21.9 Å². The quantitative estimate of drug-likeness (QED) is 0.345. The highest BCUT2D eigenvalue weighted by Gasteiger charge is 2.29. The van der Waals surface area contributed by atoms with Gasteiger partial charge in [-0.05, 0) is 74.9 Å². The monoisotopic (exact) mass is 444 g/mol. The van der Waals surface area contributed by atoms with E-state index in [0.29, 0.717) is 11.5 Å². The number of hydrogen-bond donors (Lipinski definition) is 0. The van der Waals surface area contributed by atoms with Crippen molar-refractivity contribution in [2.75, 3.05) is 0 Å². The first kappa shape index (κ1) is 24.0. The Bertz CT molecular complexity index is 1100. The molecule has 168 valence electrons. The summed E-state index contributed by atoms with van der Waals surface area (Å²) in [5, 5.41) is 1.47. The lowest BCUT2D eigenvalue weighted by atomic mass is 9.90. The van der Waals surface area contributed by atoms with E-state index in [9.17, 15) is 4.79 Å². The van der Waals surface area contributed by atoms with Crippen LogP contribution in [0.4, 0.5) is 0 Å². The second-order valence-electron chi connectivity index (χ2n) is 10.5. The number of benzene rings is 1. The molecule has 0 saturated carbocycles. The van der Waals surface area contributed by atoms with Crippen molar-refractivity contribution in [2.45, 2.75) is 60.2 Å². The van der Waals surface area contributed by atoms with E-state index >= 15 is 0 Å². The number of allylic oxidation sites excluding steroid dienone is 11. The van der Waals surface area contributed by atoms with Gasteiger partial charge < -0.3 is 4.74 Å².